The van der Waals surface area contributed by atoms with Crippen LogP contribution < -0.4 is 22.9 Å². The number of carbonyl (C=O) groups is 2. The molecule has 0 radical (unpaired) electrons. The highest BCUT2D eigenvalue weighted by molar-refractivity contribution is 6.01. The van der Waals surface area contributed by atoms with E-state index in [1.165, 1.54) is 0 Å². The molecule has 2 aromatic rings. The van der Waals surface area contributed by atoms with Crippen LogP contribution in [0.15, 0.2) is 36.4 Å². The summed E-state index contributed by atoms with van der Waals surface area (Å²) in [4.78, 5) is 22.6. The summed E-state index contributed by atoms with van der Waals surface area (Å²) in [7, 11) is 0. The number of primary amides is 2. The average Bonchev–Trinajstić information content (AvgIpc) is 2.39. The first kappa shape index (κ1) is 13.4. The van der Waals surface area contributed by atoms with E-state index >= 15 is 0 Å². The Morgan fingerprint density at radius 1 is 0.700 bits per heavy atom. The van der Waals surface area contributed by atoms with Crippen LogP contribution in [0.4, 0.5) is 11.4 Å². The second kappa shape index (κ2) is 4.93. The summed E-state index contributed by atoms with van der Waals surface area (Å²) in [6.07, 6.45) is 0. The van der Waals surface area contributed by atoms with E-state index in [4.69, 9.17) is 22.9 Å². The Morgan fingerprint density at radius 2 is 1.05 bits per heavy atom. The number of hydrogen-bond donors (Lipinski definition) is 4. The van der Waals surface area contributed by atoms with Crippen molar-refractivity contribution in [2.24, 2.45) is 11.5 Å². The molecule has 0 aromatic heterocycles. The first-order chi connectivity index (χ1) is 9.40. The lowest BCUT2D eigenvalue weighted by molar-refractivity contribution is 0.0992. The third-order valence-corrected chi connectivity index (χ3v) is 2.97. The fourth-order valence-electron chi connectivity index (χ4n) is 1.90. The first-order valence-electron chi connectivity index (χ1n) is 5.79. The van der Waals surface area contributed by atoms with Gasteiger partial charge >= 0.3 is 0 Å². The van der Waals surface area contributed by atoms with Gasteiger partial charge in [0, 0.05) is 11.4 Å². The minimum Gasteiger partial charge on any atom is -0.398 e. The Kier molecular flexibility index (Phi) is 3.30. The second-order valence-electron chi connectivity index (χ2n) is 4.33. The Morgan fingerprint density at radius 3 is 1.35 bits per heavy atom. The van der Waals surface area contributed by atoms with Crippen molar-refractivity contribution in [3.63, 3.8) is 0 Å². The number of rotatable bonds is 3. The molecule has 0 aliphatic heterocycles. The zero-order chi connectivity index (χ0) is 14.9. The van der Waals surface area contributed by atoms with Gasteiger partial charge in [0.25, 0.3) is 11.8 Å². The van der Waals surface area contributed by atoms with Gasteiger partial charge in [0.1, 0.15) is 0 Å². The molecule has 0 atom stereocenters. The number of nitrogen functional groups attached to an aromatic ring is 2. The average molecular weight is 270 g/mol. The van der Waals surface area contributed by atoms with Crippen LogP contribution >= 0.6 is 0 Å². The maximum absolute atomic E-state index is 11.3. The zero-order valence-electron chi connectivity index (χ0n) is 10.6. The van der Waals surface area contributed by atoms with Crippen molar-refractivity contribution >= 4 is 23.2 Å². The van der Waals surface area contributed by atoms with E-state index in [0.717, 1.165) is 0 Å². The molecule has 2 amide bonds. The van der Waals surface area contributed by atoms with Crippen LogP contribution in [0.3, 0.4) is 0 Å². The molecule has 6 heteroatoms. The van der Waals surface area contributed by atoms with Gasteiger partial charge in [-0.25, -0.2) is 0 Å². The van der Waals surface area contributed by atoms with Gasteiger partial charge in [-0.2, -0.15) is 0 Å². The number of carbonyl (C=O) groups excluding carboxylic acids is 2. The van der Waals surface area contributed by atoms with Crippen LogP contribution in [0, 0.1) is 0 Å². The van der Waals surface area contributed by atoms with Crippen molar-refractivity contribution in [1.29, 1.82) is 0 Å². The highest BCUT2D eigenvalue weighted by Gasteiger charge is 2.11. The molecule has 0 aliphatic rings. The molecule has 0 unspecified atom stereocenters. The van der Waals surface area contributed by atoms with E-state index in [0.29, 0.717) is 22.5 Å². The largest absolute Gasteiger partial charge is 0.398 e. The molecule has 2 rings (SSSR count). The zero-order valence-corrected chi connectivity index (χ0v) is 10.6. The molecule has 0 heterocycles. The van der Waals surface area contributed by atoms with Crippen LogP contribution in [0.1, 0.15) is 20.7 Å². The van der Waals surface area contributed by atoms with Crippen LogP contribution in [-0.2, 0) is 0 Å². The SMILES string of the molecule is NC(=O)c1cc(-c2ccc(N)c(C(N)=O)c2)ccc1N. The second-order valence-corrected chi connectivity index (χ2v) is 4.33. The van der Waals surface area contributed by atoms with Crippen LogP contribution in [0.2, 0.25) is 0 Å². The van der Waals surface area contributed by atoms with E-state index < -0.39 is 11.8 Å². The number of hydrogen-bond acceptors (Lipinski definition) is 4. The molecular weight excluding hydrogens is 256 g/mol. The lowest BCUT2D eigenvalue weighted by Crippen LogP contribution is -2.14. The quantitative estimate of drug-likeness (QED) is 0.610. The van der Waals surface area contributed by atoms with E-state index in [1.54, 1.807) is 36.4 Å². The number of amides is 2. The maximum Gasteiger partial charge on any atom is 0.250 e. The smallest absolute Gasteiger partial charge is 0.250 e. The van der Waals surface area contributed by atoms with Crippen LogP contribution in [0.5, 0.6) is 0 Å². The topological polar surface area (TPSA) is 138 Å². The van der Waals surface area contributed by atoms with Gasteiger partial charge in [0.05, 0.1) is 11.1 Å². The van der Waals surface area contributed by atoms with Crippen molar-refractivity contribution in [3.8, 4) is 11.1 Å². The highest BCUT2D eigenvalue weighted by atomic mass is 16.1. The minimum absolute atomic E-state index is 0.222. The van der Waals surface area contributed by atoms with Crippen LogP contribution in [-0.4, -0.2) is 11.8 Å². The number of anilines is 2. The van der Waals surface area contributed by atoms with E-state index in [2.05, 4.69) is 0 Å². The molecule has 8 N–H and O–H groups in total. The summed E-state index contributed by atoms with van der Waals surface area (Å²) in [6, 6.07) is 9.73. The summed E-state index contributed by atoms with van der Waals surface area (Å²) in [6.45, 7) is 0. The molecule has 0 fully saturated rings. The van der Waals surface area contributed by atoms with Gasteiger partial charge in [-0.1, -0.05) is 12.1 Å². The summed E-state index contributed by atoms with van der Waals surface area (Å²) < 4.78 is 0. The predicted molar refractivity (Wildman–Crippen MR) is 77.7 cm³/mol. The normalized spacial score (nSPS) is 10.2. The molecule has 20 heavy (non-hydrogen) atoms. The fraction of sp³-hybridized carbons (Fsp3) is 0. The number of benzene rings is 2. The van der Waals surface area contributed by atoms with Gasteiger partial charge in [0.15, 0.2) is 0 Å². The van der Waals surface area contributed by atoms with Crippen molar-refractivity contribution in [2.45, 2.75) is 0 Å². The summed E-state index contributed by atoms with van der Waals surface area (Å²) in [5.41, 5.74) is 24.3. The number of nitrogens with two attached hydrogens (primary N) is 4. The third kappa shape index (κ3) is 2.39. The van der Waals surface area contributed by atoms with E-state index in [9.17, 15) is 9.59 Å². The molecule has 0 saturated carbocycles. The molecular formula is C14H14N4O2. The fourth-order valence-corrected chi connectivity index (χ4v) is 1.90. The maximum atomic E-state index is 11.3. The molecule has 0 saturated heterocycles. The molecule has 0 spiro atoms. The third-order valence-electron chi connectivity index (χ3n) is 2.97. The van der Waals surface area contributed by atoms with Gasteiger partial charge < -0.3 is 22.9 Å². The Hall–Kier alpha value is -3.02. The van der Waals surface area contributed by atoms with Crippen molar-refractivity contribution in [3.05, 3.63) is 47.5 Å². The lowest BCUT2D eigenvalue weighted by atomic mass is 9.99. The summed E-state index contributed by atoms with van der Waals surface area (Å²) in [5.74, 6) is -1.23. The van der Waals surface area contributed by atoms with E-state index in [1.807, 2.05) is 0 Å². The first-order valence-corrected chi connectivity index (χ1v) is 5.79. The monoisotopic (exact) mass is 270 g/mol. The lowest BCUT2D eigenvalue weighted by Gasteiger charge is -2.09. The molecule has 0 aliphatic carbocycles. The Balaban J connectivity index is 2.57. The van der Waals surface area contributed by atoms with E-state index in [-0.39, 0.29) is 11.1 Å². The Labute approximate surface area is 115 Å². The summed E-state index contributed by atoms with van der Waals surface area (Å²) in [5, 5.41) is 0. The van der Waals surface area contributed by atoms with Gasteiger partial charge in [-0.3, -0.25) is 9.59 Å². The summed E-state index contributed by atoms with van der Waals surface area (Å²) >= 11 is 0. The molecule has 6 nitrogen and oxygen atoms in total. The van der Waals surface area contributed by atoms with Gasteiger partial charge in [-0.05, 0) is 35.4 Å². The van der Waals surface area contributed by atoms with Crippen molar-refractivity contribution in [2.75, 3.05) is 11.5 Å². The molecule has 102 valence electrons. The predicted octanol–water partition coefficient (Wildman–Crippen LogP) is 0.716. The minimum atomic E-state index is -0.616. The van der Waals surface area contributed by atoms with Gasteiger partial charge in [-0.15, -0.1) is 0 Å². The van der Waals surface area contributed by atoms with Crippen LogP contribution in [0.25, 0.3) is 11.1 Å². The van der Waals surface area contributed by atoms with Gasteiger partial charge in [0.2, 0.25) is 0 Å². The Bertz CT molecular complexity index is 649. The van der Waals surface area contributed by atoms with Crippen molar-refractivity contribution in [1.82, 2.24) is 0 Å². The van der Waals surface area contributed by atoms with Crippen molar-refractivity contribution < 1.29 is 9.59 Å². The highest BCUT2D eigenvalue weighted by Crippen LogP contribution is 2.26. The molecule has 2 aromatic carbocycles. The standard InChI is InChI=1S/C14H14N4O2/c15-11-3-1-7(5-9(11)13(17)19)8-2-4-12(16)10(6-8)14(18)20/h1-6H,15-16H2,(H2,17,19)(H2,18,20). The molecule has 0 bridgehead atoms.